The normalized spacial score (nSPS) is 23.6. The van der Waals surface area contributed by atoms with E-state index in [1.165, 1.54) is 6.20 Å². The zero-order chi connectivity index (χ0) is 20.3. The summed E-state index contributed by atoms with van der Waals surface area (Å²) in [6.45, 7) is 2.09. The van der Waals surface area contributed by atoms with Crippen molar-refractivity contribution in [3.63, 3.8) is 0 Å². The number of carboxylic acid groups (broad SMARTS) is 1. The van der Waals surface area contributed by atoms with Gasteiger partial charge in [-0.05, 0) is 31.7 Å². The van der Waals surface area contributed by atoms with E-state index in [1.54, 1.807) is 4.57 Å². The SMILES string of the molecule is Br.O=C(O)c1cn(C2CC2)c2nc(N3CC4CCC3CN4CCO)c(F)cc2c1=O. The number of aliphatic hydroxyl groups is 1. The number of halogens is 2. The van der Waals surface area contributed by atoms with E-state index in [0.29, 0.717) is 18.7 Å². The number of aliphatic hydroxyl groups excluding tert-OH is 1. The van der Waals surface area contributed by atoms with Crippen LogP contribution >= 0.6 is 17.0 Å². The Kier molecular flexibility index (Phi) is 5.58. The molecule has 10 heteroatoms. The number of fused-ring (bicyclic) bond motifs is 4. The molecule has 2 N–H and O–H groups in total. The molecular formula is C20H24BrFN4O4. The van der Waals surface area contributed by atoms with Crippen LogP contribution in [0.2, 0.25) is 0 Å². The summed E-state index contributed by atoms with van der Waals surface area (Å²) in [5.74, 6) is -1.68. The largest absolute Gasteiger partial charge is 0.477 e. The van der Waals surface area contributed by atoms with E-state index in [9.17, 15) is 19.8 Å². The Labute approximate surface area is 182 Å². The average molecular weight is 483 g/mol. The number of aromatic nitrogens is 2. The van der Waals surface area contributed by atoms with E-state index in [0.717, 1.165) is 38.3 Å². The van der Waals surface area contributed by atoms with Gasteiger partial charge in [0.2, 0.25) is 5.43 Å². The Hall–Kier alpha value is -2.04. The van der Waals surface area contributed by atoms with Crippen molar-refractivity contribution in [1.29, 1.82) is 0 Å². The lowest BCUT2D eigenvalue weighted by molar-refractivity contribution is 0.0695. The van der Waals surface area contributed by atoms with E-state index in [2.05, 4.69) is 9.88 Å². The molecule has 2 aromatic rings. The number of hydrogen-bond donors (Lipinski definition) is 2. The van der Waals surface area contributed by atoms with Crippen molar-refractivity contribution in [3.05, 3.63) is 33.9 Å². The fraction of sp³-hybridized carbons (Fsp3) is 0.550. The Morgan fingerprint density at radius 3 is 2.47 bits per heavy atom. The highest BCUT2D eigenvalue weighted by molar-refractivity contribution is 8.93. The van der Waals surface area contributed by atoms with Gasteiger partial charge in [-0.2, -0.15) is 0 Å². The smallest absolute Gasteiger partial charge is 0.341 e. The number of pyridine rings is 2. The fourth-order valence-corrected chi connectivity index (χ4v) is 4.80. The minimum atomic E-state index is -1.31. The molecule has 5 heterocycles. The molecule has 2 unspecified atom stereocenters. The van der Waals surface area contributed by atoms with E-state index < -0.39 is 17.2 Å². The number of anilines is 1. The summed E-state index contributed by atoms with van der Waals surface area (Å²) in [6, 6.07) is 1.59. The van der Waals surface area contributed by atoms with Crippen molar-refractivity contribution >= 4 is 39.8 Å². The highest BCUT2D eigenvalue weighted by Crippen LogP contribution is 2.38. The van der Waals surface area contributed by atoms with E-state index in [-0.39, 0.29) is 58.5 Å². The molecule has 1 saturated carbocycles. The molecule has 162 valence electrons. The minimum absolute atomic E-state index is 0. The maximum atomic E-state index is 15.1. The van der Waals surface area contributed by atoms with Crippen LogP contribution in [0.1, 0.15) is 42.1 Å². The molecule has 30 heavy (non-hydrogen) atoms. The van der Waals surface area contributed by atoms with Crippen molar-refractivity contribution in [3.8, 4) is 0 Å². The number of nitrogens with zero attached hydrogens (tertiary/aromatic N) is 4. The molecule has 3 aliphatic heterocycles. The number of carbonyl (C=O) groups is 1. The number of aromatic carboxylic acids is 1. The number of piperidine rings is 2. The first kappa shape index (κ1) is 21.2. The summed E-state index contributed by atoms with van der Waals surface area (Å²) in [4.78, 5) is 32.9. The van der Waals surface area contributed by atoms with Gasteiger partial charge in [0.05, 0.1) is 12.0 Å². The molecule has 2 aromatic heterocycles. The van der Waals surface area contributed by atoms with Gasteiger partial charge in [0.1, 0.15) is 11.2 Å². The molecule has 0 aromatic carbocycles. The van der Waals surface area contributed by atoms with Gasteiger partial charge in [0.15, 0.2) is 11.6 Å². The zero-order valence-electron chi connectivity index (χ0n) is 16.3. The molecule has 1 aliphatic carbocycles. The second-order valence-corrected chi connectivity index (χ2v) is 8.24. The lowest BCUT2D eigenvalue weighted by atomic mass is 9.90. The predicted molar refractivity (Wildman–Crippen MR) is 114 cm³/mol. The number of hydrogen-bond acceptors (Lipinski definition) is 6. The van der Waals surface area contributed by atoms with E-state index >= 15 is 4.39 Å². The molecule has 3 saturated heterocycles. The summed E-state index contributed by atoms with van der Waals surface area (Å²) >= 11 is 0. The minimum Gasteiger partial charge on any atom is -0.477 e. The summed E-state index contributed by atoms with van der Waals surface area (Å²) < 4.78 is 16.8. The van der Waals surface area contributed by atoms with Crippen molar-refractivity contribution < 1.29 is 19.4 Å². The molecule has 4 fully saturated rings. The van der Waals surface area contributed by atoms with Gasteiger partial charge in [0.25, 0.3) is 0 Å². The first-order valence-corrected chi connectivity index (χ1v) is 10.1. The molecule has 2 atom stereocenters. The van der Waals surface area contributed by atoms with Crippen LogP contribution in [0, 0.1) is 5.82 Å². The molecule has 4 aliphatic rings. The second kappa shape index (κ2) is 7.90. The van der Waals surface area contributed by atoms with Gasteiger partial charge in [-0.3, -0.25) is 9.69 Å². The number of piperazine rings is 1. The van der Waals surface area contributed by atoms with Crippen molar-refractivity contribution in [1.82, 2.24) is 14.5 Å². The van der Waals surface area contributed by atoms with Crippen molar-refractivity contribution in [2.75, 3.05) is 31.1 Å². The standard InChI is InChI=1S/C20H23FN4O4.BrH/c21-16-7-14-17(27)15(20(28)29)10-25(11-1-2-11)18(14)22-19(16)24-9-12-3-4-13(24)8-23(12)5-6-26;/h7,10-13,26H,1-6,8-9H2,(H,28,29);1H. The van der Waals surface area contributed by atoms with Gasteiger partial charge in [-0.1, -0.05) is 0 Å². The van der Waals surface area contributed by atoms with Crippen LogP contribution < -0.4 is 10.3 Å². The lowest BCUT2D eigenvalue weighted by Crippen LogP contribution is -2.63. The predicted octanol–water partition coefficient (Wildman–Crippen LogP) is 1.79. The summed E-state index contributed by atoms with van der Waals surface area (Å²) in [5.41, 5.74) is -0.695. The third-order valence-corrected chi connectivity index (χ3v) is 6.41. The summed E-state index contributed by atoms with van der Waals surface area (Å²) in [6.07, 6.45) is 5.06. The van der Waals surface area contributed by atoms with Crippen LogP contribution in [0.15, 0.2) is 17.1 Å². The number of carboxylic acids is 1. The van der Waals surface area contributed by atoms with Crippen LogP contribution in [0.3, 0.4) is 0 Å². The molecule has 0 amide bonds. The fourth-order valence-electron chi connectivity index (χ4n) is 4.80. The van der Waals surface area contributed by atoms with Crippen LogP contribution in [-0.2, 0) is 0 Å². The quantitative estimate of drug-likeness (QED) is 0.669. The summed E-state index contributed by atoms with van der Waals surface area (Å²) in [7, 11) is 0. The van der Waals surface area contributed by atoms with Crippen LogP contribution in [0.4, 0.5) is 10.2 Å². The average Bonchev–Trinajstić information content (AvgIpc) is 3.54. The highest BCUT2D eigenvalue weighted by atomic mass is 79.9. The number of rotatable bonds is 5. The van der Waals surface area contributed by atoms with E-state index in [4.69, 9.17) is 0 Å². The molecular weight excluding hydrogens is 459 g/mol. The molecule has 0 radical (unpaired) electrons. The third-order valence-electron chi connectivity index (χ3n) is 6.41. The van der Waals surface area contributed by atoms with Gasteiger partial charge >= 0.3 is 5.97 Å². The van der Waals surface area contributed by atoms with Gasteiger partial charge in [0, 0.05) is 44.0 Å². The lowest BCUT2D eigenvalue weighted by Gasteiger charge is -2.52. The Morgan fingerprint density at radius 1 is 1.17 bits per heavy atom. The van der Waals surface area contributed by atoms with Crippen molar-refractivity contribution in [2.45, 2.75) is 43.8 Å². The Bertz CT molecular complexity index is 1060. The second-order valence-electron chi connectivity index (χ2n) is 8.24. The maximum Gasteiger partial charge on any atom is 0.341 e. The van der Waals surface area contributed by atoms with Gasteiger partial charge in [-0.15, -0.1) is 17.0 Å². The molecule has 0 spiro atoms. The topological polar surface area (TPSA) is 98.9 Å². The maximum absolute atomic E-state index is 15.1. The zero-order valence-corrected chi connectivity index (χ0v) is 18.0. The first-order valence-electron chi connectivity index (χ1n) is 10.1. The molecule has 6 rings (SSSR count). The Morgan fingerprint density at radius 2 is 1.87 bits per heavy atom. The monoisotopic (exact) mass is 482 g/mol. The van der Waals surface area contributed by atoms with Crippen LogP contribution in [-0.4, -0.2) is 69.0 Å². The first-order chi connectivity index (χ1) is 14.0. The van der Waals surface area contributed by atoms with Crippen molar-refractivity contribution in [2.24, 2.45) is 0 Å². The van der Waals surface area contributed by atoms with Gasteiger partial charge in [-0.25, -0.2) is 14.2 Å². The van der Waals surface area contributed by atoms with Gasteiger partial charge < -0.3 is 19.7 Å². The summed E-state index contributed by atoms with van der Waals surface area (Å²) in [5, 5.41) is 18.6. The third kappa shape index (κ3) is 3.40. The molecule has 8 nitrogen and oxygen atoms in total. The highest BCUT2D eigenvalue weighted by Gasteiger charge is 2.40. The van der Waals surface area contributed by atoms with Crippen LogP contribution in [0.25, 0.3) is 11.0 Å². The van der Waals surface area contributed by atoms with E-state index in [1.807, 2.05) is 4.90 Å². The molecule has 2 bridgehead atoms. The van der Waals surface area contributed by atoms with Crippen LogP contribution in [0.5, 0.6) is 0 Å². The Balaban J connectivity index is 0.00000218.